The van der Waals surface area contributed by atoms with Gasteiger partial charge in [0.1, 0.15) is 0 Å². The van der Waals surface area contributed by atoms with Crippen LogP contribution in [0.1, 0.15) is 21.7 Å². The van der Waals surface area contributed by atoms with Crippen LogP contribution in [0, 0.1) is 13.8 Å². The van der Waals surface area contributed by atoms with E-state index in [1.54, 1.807) is 6.33 Å². The van der Waals surface area contributed by atoms with Crippen LogP contribution in [-0.2, 0) is 6.54 Å². The summed E-state index contributed by atoms with van der Waals surface area (Å²) >= 11 is 0. The first kappa shape index (κ1) is 10.6. The number of carbonyl (C=O) groups excluding carboxylic acids is 1. The quantitative estimate of drug-likeness (QED) is 0.735. The molecule has 0 saturated carbocycles. The molecule has 0 bridgehead atoms. The number of hydrogen-bond donors (Lipinski definition) is 0. The summed E-state index contributed by atoms with van der Waals surface area (Å²) in [6.45, 7) is 4.27. The van der Waals surface area contributed by atoms with Gasteiger partial charge >= 0.3 is 0 Å². The van der Waals surface area contributed by atoms with E-state index in [0.717, 1.165) is 17.0 Å². The van der Waals surface area contributed by atoms with Crippen LogP contribution >= 0.6 is 0 Å². The molecule has 3 heteroatoms. The van der Waals surface area contributed by atoms with Gasteiger partial charge in [-0.3, -0.25) is 4.79 Å². The average molecular weight is 214 g/mol. The Balaban J connectivity index is 2.17. The molecule has 2 aromatic rings. The number of benzene rings is 1. The Morgan fingerprint density at radius 3 is 2.50 bits per heavy atom. The molecule has 0 aliphatic heterocycles. The highest BCUT2D eigenvalue weighted by Gasteiger charge is 2.08. The lowest BCUT2D eigenvalue weighted by Gasteiger charge is -2.04. The first-order valence-corrected chi connectivity index (χ1v) is 5.25. The van der Waals surface area contributed by atoms with E-state index in [1.165, 1.54) is 0 Å². The normalized spacial score (nSPS) is 10.4. The number of rotatable bonds is 3. The summed E-state index contributed by atoms with van der Waals surface area (Å²) in [6, 6.07) is 9.32. The van der Waals surface area contributed by atoms with Gasteiger partial charge in [0.25, 0.3) is 0 Å². The molecule has 2 rings (SSSR count). The molecule has 0 spiro atoms. The molecular formula is C13H14N2O. The van der Waals surface area contributed by atoms with Gasteiger partial charge in [0.05, 0.1) is 18.6 Å². The smallest absolute Gasteiger partial charge is 0.182 e. The summed E-state index contributed by atoms with van der Waals surface area (Å²) in [7, 11) is 0. The Labute approximate surface area is 94.7 Å². The van der Waals surface area contributed by atoms with Gasteiger partial charge in [-0.05, 0) is 13.8 Å². The molecule has 0 unspecified atom stereocenters. The number of hydrogen-bond acceptors (Lipinski definition) is 2. The minimum absolute atomic E-state index is 0.112. The van der Waals surface area contributed by atoms with Crippen LogP contribution in [0.5, 0.6) is 0 Å². The van der Waals surface area contributed by atoms with Crippen LogP contribution in [0.15, 0.2) is 36.7 Å². The lowest BCUT2D eigenvalue weighted by Crippen LogP contribution is -2.10. The first-order chi connectivity index (χ1) is 7.68. The molecular weight excluding hydrogens is 200 g/mol. The minimum Gasteiger partial charge on any atom is -0.327 e. The van der Waals surface area contributed by atoms with E-state index in [2.05, 4.69) is 4.98 Å². The van der Waals surface area contributed by atoms with E-state index in [-0.39, 0.29) is 5.78 Å². The van der Waals surface area contributed by atoms with Gasteiger partial charge in [0.15, 0.2) is 5.78 Å². The van der Waals surface area contributed by atoms with Gasteiger partial charge in [-0.15, -0.1) is 0 Å². The van der Waals surface area contributed by atoms with Crippen LogP contribution in [0.25, 0.3) is 0 Å². The zero-order valence-electron chi connectivity index (χ0n) is 9.47. The molecule has 0 radical (unpaired) electrons. The largest absolute Gasteiger partial charge is 0.327 e. The highest BCUT2D eigenvalue weighted by molar-refractivity contribution is 5.95. The molecule has 0 aliphatic rings. The second-order valence-corrected chi connectivity index (χ2v) is 3.83. The average Bonchev–Trinajstić information content (AvgIpc) is 2.62. The maximum absolute atomic E-state index is 11.9. The van der Waals surface area contributed by atoms with Crippen molar-refractivity contribution in [2.45, 2.75) is 20.4 Å². The van der Waals surface area contributed by atoms with Crippen molar-refractivity contribution in [1.29, 1.82) is 0 Å². The molecule has 0 amide bonds. The van der Waals surface area contributed by atoms with Crippen molar-refractivity contribution in [1.82, 2.24) is 9.55 Å². The fourth-order valence-corrected chi connectivity index (χ4v) is 1.57. The zero-order chi connectivity index (χ0) is 11.5. The van der Waals surface area contributed by atoms with E-state index in [4.69, 9.17) is 0 Å². The van der Waals surface area contributed by atoms with Crippen LogP contribution in [-0.4, -0.2) is 15.3 Å². The van der Waals surface area contributed by atoms with Crippen LogP contribution in [0.3, 0.4) is 0 Å². The van der Waals surface area contributed by atoms with E-state index >= 15 is 0 Å². The number of aryl methyl sites for hydroxylation is 1. The maximum Gasteiger partial charge on any atom is 0.182 e. The Morgan fingerprint density at radius 1 is 1.25 bits per heavy atom. The number of aromatic nitrogens is 2. The molecule has 16 heavy (non-hydrogen) atoms. The number of nitrogens with zero attached hydrogens (tertiary/aromatic N) is 2. The van der Waals surface area contributed by atoms with Crippen molar-refractivity contribution in [3.63, 3.8) is 0 Å². The van der Waals surface area contributed by atoms with Crippen molar-refractivity contribution in [2.24, 2.45) is 0 Å². The van der Waals surface area contributed by atoms with Crippen LogP contribution < -0.4 is 0 Å². The molecule has 0 aliphatic carbocycles. The van der Waals surface area contributed by atoms with E-state index < -0.39 is 0 Å². The van der Waals surface area contributed by atoms with Gasteiger partial charge in [-0.1, -0.05) is 30.3 Å². The molecule has 0 saturated heterocycles. The molecule has 0 fully saturated rings. The van der Waals surface area contributed by atoms with Crippen molar-refractivity contribution < 1.29 is 4.79 Å². The predicted molar refractivity (Wildman–Crippen MR) is 62.5 cm³/mol. The van der Waals surface area contributed by atoms with Crippen molar-refractivity contribution in [3.05, 3.63) is 53.6 Å². The Hall–Kier alpha value is -1.90. The third kappa shape index (κ3) is 2.03. The van der Waals surface area contributed by atoms with Gasteiger partial charge in [-0.25, -0.2) is 4.98 Å². The minimum atomic E-state index is 0.112. The highest BCUT2D eigenvalue weighted by atomic mass is 16.1. The monoisotopic (exact) mass is 214 g/mol. The second kappa shape index (κ2) is 4.31. The van der Waals surface area contributed by atoms with Gasteiger partial charge in [0.2, 0.25) is 0 Å². The highest BCUT2D eigenvalue weighted by Crippen LogP contribution is 2.07. The number of carbonyl (C=O) groups is 1. The third-order valence-corrected chi connectivity index (χ3v) is 2.75. The fourth-order valence-electron chi connectivity index (χ4n) is 1.57. The molecule has 3 nitrogen and oxygen atoms in total. The molecule has 0 atom stereocenters. The number of Topliss-reactive ketones (excluding diaryl/α,β-unsaturated/α-hetero) is 1. The topological polar surface area (TPSA) is 34.9 Å². The first-order valence-electron chi connectivity index (χ1n) is 5.25. The Kier molecular flexibility index (Phi) is 2.86. The van der Waals surface area contributed by atoms with E-state index in [0.29, 0.717) is 6.54 Å². The predicted octanol–water partition coefficient (Wildman–Crippen LogP) is 2.38. The Bertz CT molecular complexity index is 500. The van der Waals surface area contributed by atoms with E-state index in [1.807, 2.05) is 48.7 Å². The van der Waals surface area contributed by atoms with Gasteiger partial charge in [-0.2, -0.15) is 0 Å². The van der Waals surface area contributed by atoms with Gasteiger partial charge in [0, 0.05) is 11.3 Å². The summed E-state index contributed by atoms with van der Waals surface area (Å²) in [5.41, 5.74) is 2.76. The fraction of sp³-hybridized carbons (Fsp3) is 0.231. The molecule has 0 N–H and O–H groups in total. The van der Waals surface area contributed by atoms with Crippen molar-refractivity contribution in [3.8, 4) is 0 Å². The summed E-state index contributed by atoms with van der Waals surface area (Å²) in [5, 5.41) is 0. The standard InChI is InChI=1S/C13H14N2O/c1-10-11(2)15(9-14-10)8-13(16)12-6-4-3-5-7-12/h3-7,9H,8H2,1-2H3. The molecule has 1 aromatic carbocycles. The number of imidazole rings is 1. The van der Waals surface area contributed by atoms with Gasteiger partial charge < -0.3 is 4.57 Å². The summed E-state index contributed by atoms with van der Waals surface area (Å²) in [6.07, 6.45) is 1.71. The summed E-state index contributed by atoms with van der Waals surface area (Å²) < 4.78 is 1.88. The second-order valence-electron chi connectivity index (χ2n) is 3.83. The molecule has 1 aromatic heterocycles. The summed E-state index contributed by atoms with van der Waals surface area (Å²) in [4.78, 5) is 16.1. The third-order valence-electron chi connectivity index (χ3n) is 2.75. The SMILES string of the molecule is Cc1ncn(CC(=O)c2ccccc2)c1C. The lowest BCUT2D eigenvalue weighted by atomic mass is 10.1. The Morgan fingerprint density at radius 2 is 1.94 bits per heavy atom. The number of ketones is 1. The van der Waals surface area contributed by atoms with Crippen molar-refractivity contribution in [2.75, 3.05) is 0 Å². The lowest BCUT2D eigenvalue weighted by molar-refractivity contribution is 0.0971. The van der Waals surface area contributed by atoms with Crippen LogP contribution in [0.4, 0.5) is 0 Å². The summed E-state index contributed by atoms with van der Waals surface area (Å²) in [5.74, 6) is 0.112. The maximum atomic E-state index is 11.9. The van der Waals surface area contributed by atoms with Crippen molar-refractivity contribution >= 4 is 5.78 Å². The molecule has 1 heterocycles. The van der Waals surface area contributed by atoms with E-state index in [9.17, 15) is 4.79 Å². The van der Waals surface area contributed by atoms with Crippen LogP contribution in [0.2, 0.25) is 0 Å². The molecule has 82 valence electrons. The zero-order valence-corrected chi connectivity index (χ0v) is 9.47.